The average Bonchev–Trinajstić information content (AvgIpc) is 2.81. The van der Waals surface area contributed by atoms with Gasteiger partial charge in [0, 0.05) is 5.69 Å². The van der Waals surface area contributed by atoms with Crippen molar-refractivity contribution < 1.29 is 30.0 Å². The Morgan fingerprint density at radius 3 is 2.13 bits per heavy atom. The lowest BCUT2D eigenvalue weighted by atomic mass is 10.2. The predicted octanol–water partition coefficient (Wildman–Crippen LogP) is 0.756. The maximum Gasteiger partial charge on any atom is 0.262 e. The lowest BCUT2D eigenvalue weighted by molar-refractivity contribution is -0.119. The number of amides is 1. The Kier molecular flexibility index (Phi) is 5.43. The third-order valence-corrected chi connectivity index (χ3v) is 8.82. The van der Waals surface area contributed by atoms with E-state index in [1.54, 1.807) is 0 Å². The van der Waals surface area contributed by atoms with Gasteiger partial charge in [-0.15, -0.1) is 0 Å². The quantitative estimate of drug-likeness (QED) is 0.648. The molecule has 3 N–H and O–H groups in total. The van der Waals surface area contributed by atoms with Gasteiger partial charge >= 0.3 is 0 Å². The van der Waals surface area contributed by atoms with Crippen LogP contribution >= 0.6 is 0 Å². The number of aryl methyl sites for hydroxylation is 1. The Morgan fingerprint density at radius 2 is 1.67 bits per heavy atom. The number of nitrogens with two attached hydrogens (primary N) is 1. The first-order valence-corrected chi connectivity index (χ1v) is 13.2. The van der Waals surface area contributed by atoms with E-state index in [2.05, 4.69) is 4.72 Å². The molecule has 1 amide bonds. The largest absolute Gasteiger partial charge is 0.280 e. The van der Waals surface area contributed by atoms with E-state index in [4.69, 9.17) is 5.14 Å². The van der Waals surface area contributed by atoms with Crippen molar-refractivity contribution in [1.29, 1.82) is 0 Å². The summed E-state index contributed by atoms with van der Waals surface area (Å²) in [6, 6.07) is 8.58. The van der Waals surface area contributed by atoms with Crippen LogP contribution in [0.2, 0.25) is 0 Å². The fourth-order valence-electron chi connectivity index (χ4n) is 3.07. The Morgan fingerprint density at radius 1 is 1.07 bits per heavy atom. The Bertz CT molecular complexity index is 1330. The summed E-state index contributed by atoms with van der Waals surface area (Å²) in [5.41, 5.74) is 0.402. The number of sulfonamides is 3. The van der Waals surface area contributed by atoms with E-state index in [0.29, 0.717) is 4.31 Å². The van der Waals surface area contributed by atoms with Crippen LogP contribution in [0.1, 0.15) is 12.5 Å². The molecule has 0 unspecified atom stereocenters. The van der Waals surface area contributed by atoms with Crippen LogP contribution in [0.4, 0.5) is 11.4 Å². The summed E-state index contributed by atoms with van der Waals surface area (Å²) in [7, 11) is -11.8. The Labute approximate surface area is 174 Å². The van der Waals surface area contributed by atoms with Crippen LogP contribution < -0.4 is 14.2 Å². The summed E-state index contributed by atoms with van der Waals surface area (Å²) in [4.78, 5) is 11.9. The van der Waals surface area contributed by atoms with Crippen LogP contribution in [0.3, 0.4) is 0 Å². The third kappa shape index (κ3) is 4.19. The van der Waals surface area contributed by atoms with Gasteiger partial charge in [0.25, 0.3) is 10.0 Å². The second-order valence-corrected chi connectivity index (χ2v) is 12.0. The lowest BCUT2D eigenvalue weighted by Crippen LogP contribution is -2.30. The normalized spacial score (nSPS) is 19.1. The average molecular weight is 474 g/mol. The number of carbonyl (C=O) groups is 1. The van der Waals surface area contributed by atoms with Crippen molar-refractivity contribution in [3.05, 3.63) is 48.0 Å². The Hall–Kier alpha value is -2.48. The van der Waals surface area contributed by atoms with Crippen molar-refractivity contribution in [1.82, 2.24) is 0 Å². The number of anilines is 2. The molecule has 13 heteroatoms. The second-order valence-electron chi connectivity index (χ2n) is 6.91. The maximum atomic E-state index is 12.7. The first kappa shape index (κ1) is 22.2. The van der Waals surface area contributed by atoms with E-state index in [9.17, 15) is 30.0 Å². The van der Waals surface area contributed by atoms with Crippen molar-refractivity contribution >= 4 is 47.4 Å². The molecule has 2 aromatic carbocycles. The zero-order valence-electron chi connectivity index (χ0n) is 15.9. The summed E-state index contributed by atoms with van der Waals surface area (Å²) >= 11 is 0. The topological polar surface area (TPSA) is 161 Å². The summed E-state index contributed by atoms with van der Waals surface area (Å²) in [6.07, 6.45) is 0. The minimum atomic E-state index is -4.07. The van der Waals surface area contributed by atoms with Crippen LogP contribution in [-0.4, -0.2) is 36.9 Å². The molecule has 0 bridgehead atoms. The summed E-state index contributed by atoms with van der Waals surface area (Å²) in [5, 5.41) is 5.01. The number of hydrogen-bond donors (Lipinski definition) is 2. The SMILES string of the molecule is Cc1cc(N2C(=O)[C@H](C)CS2(=O)=O)ccc1S(=O)(=O)Nc1ccc(S(N)(=O)=O)cc1. The molecule has 10 nitrogen and oxygen atoms in total. The molecule has 162 valence electrons. The molecule has 1 aliphatic heterocycles. The minimum absolute atomic E-state index is 0.0679. The molecule has 3 rings (SSSR count). The highest BCUT2D eigenvalue weighted by Gasteiger charge is 2.42. The van der Waals surface area contributed by atoms with Gasteiger partial charge in [-0.05, 0) is 55.0 Å². The molecule has 0 saturated carbocycles. The van der Waals surface area contributed by atoms with E-state index in [-0.39, 0.29) is 32.5 Å². The van der Waals surface area contributed by atoms with Gasteiger partial charge in [0.2, 0.25) is 26.0 Å². The fourth-order valence-corrected chi connectivity index (χ4v) is 6.69. The van der Waals surface area contributed by atoms with Gasteiger partial charge in [-0.3, -0.25) is 9.52 Å². The van der Waals surface area contributed by atoms with Crippen LogP contribution in [0, 0.1) is 12.8 Å². The third-order valence-electron chi connectivity index (χ3n) is 4.48. The van der Waals surface area contributed by atoms with E-state index in [1.165, 1.54) is 44.2 Å². The molecule has 0 aliphatic carbocycles. The molecular weight excluding hydrogens is 454 g/mol. The summed E-state index contributed by atoms with van der Waals surface area (Å²) in [5.74, 6) is -1.56. The van der Waals surface area contributed by atoms with Crippen molar-refractivity contribution in [2.45, 2.75) is 23.6 Å². The molecule has 1 atom stereocenters. The van der Waals surface area contributed by atoms with Crippen LogP contribution in [0.5, 0.6) is 0 Å². The van der Waals surface area contributed by atoms with Gasteiger partial charge < -0.3 is 0 Å². The van der Waals surface area contributed by atoms with Gasteiger partial charge in [0.15, 0.2) is 0 Å². The van der Waals surface area contributed by atoms with Gasteiger partial charge in [-0.2, -0.15) is 0 Å². The van der Waals surface area contributed by atoms with Gasteiger partial charge in [0.05, 0.1) is 27.1 Å². The summed E-state index contributed by atoms with van der Waals surface area (Å²) in [6.45, 7) is 2.98. The maximum absolute atomic E-state index is 12.7. The van der Waals surface area contributed by atoms with E-state index < -0.39 is 41.9 Å². The smallest absolute Gasteiger partial charge is 0.262 e. The highest BCUT2D eigenvalue weighted by atomic mass is 32.2. The van der Waals surface area contributed by atoms with Crippen molar-refractivity contribution in [2.75, 3.05) is 14.8 Å². The van der Waals surface area contributed by atoms with Gasteiger partial charge in [-0.25, -0.2) is 34.7 Å². The molecule has 0 radical (unpaired) electrons. The fraction of sp³-hybridized carbons (Fsp3) is 0.235. The first-order valence-electron chi connectivity index (χ1n) is 8.55. The van der Waals surface area contributed by atoms with Crippen molar-refractivity contribution in [3.63, 3.8) is 0 Å². The second kappa shape index (κ2) is 7.34. The number of primary sulfonamides is 1. The highest BCUT2D eigenvalue weighted by molar-refractivity contribution is 7.94. The standard InChI is InChI=1S/C17H19N3O7S3/c1-11-9-14(20-17(21)12(2)10-28(20,22)23)5-8-16(11)30(26,27)19-13-3-6-15(7-4-13)29(18,24)25/h3-9,12,19H,10H2,1-2H3,(H2,18,24,25)/t12-/m1/s1. The van der Waals surface area contributed by atoms with Crippen LogP contribution in [0.25, 0.3) is 0 Å². The number of hydrogen-bond acceptors (Lipinski definition) is 7. The zero-order valence-corrected chi connectivity index (χ0v) is 18.4. The zero-order chi connectivity index (χ0) is 22.5. The number of carbonyl (C=O) groups excluding carboxylic acids is 1. The van der Waals surface area contributed by atoms with Gasteiger partial charge in [0.1, 0.15) is 0 Å². The van der Waals surface area contributed by atoms with Crippen molar-refractivity contribution in [3.8, 4) is 0 Å². The predicted molar refractivity (Wildman–Crippen MR) is 110 cm³/mol. The number of nitrogens with one attached hydrogen (secondary N) is 1. The number of rotatable bonds is 5. The molecular formula is C17H19N3O7S3. The number of benzene rings is 2. The molecule has 1 aliphatic rings. The molecule has 2 aromatic rings. The van der Waals surface area contributed by atoms with Crippen LogP contribution in [-0.2, 0) is 34.9 Å². The molecule has 1 heterocycles. The van der Waals surface area contributed by atoms with Crippen LogP contribution in [0.15, 0.2) is 52.3 Å². The van der Waals surface area contributed by atoms with Crippen molar-refractivity contribution in [2.24, 2.45) is 11.1 Å². The van der Waals surface area contributed by atoms with Gasteiger partial charge in [-0.1, -0.05) is 6.92 Å². The van der Waals surface area contributed by atoms with E-state index >= 15 is 0 Å². The monoisotopic (exact) mass is 473 g/mol. The highest BCUT2D eigenvalue weighted by Crippen LogP contribution is 2.31. The molecule has 1 fully saturated rings. The Balaban J connectivity index is 1.92. The van der Waals surface area contributed by atoms with E-state index in [1.807, 2.05) is 0 Å². The first-order chi connectivity index (χ1) is 13.7. The molecule has 1 saturated heterocycles. The minimum Gasteiger partial charge on any atom is -0.280 e. The molecule has 30 heavy (non-hydrogen) atoms. The molecule has 0 spiro atoms. The lowest BCUT2D eigenvalue weighted by Gasteiger charge is -2.17. The van der Waals surface area contributed by atoms with E-state index in [0.717, 1.165) is 12.1 Å². The number of nitrogens with zero attached hydrogens (tertiary/aromatic N) is 1. The molecule has 0 aromatic heterocycles. The summed E-state index contributed by atoms with van der Waals surface area (Å²) < 4.78 is 75.5.